The molecule has 0 radical (unpaired) electrons. The maximum Gasteiger partial charge on any atom is 0.138 e. The number of aliphatic hydroxyl groups excluding tert-OH is 2. The molecule has 0 aromatic heterocycles. The Hall–Kier alpha value is -0.450. The van der Waals surface area contributed by atoms with Crippen LogP contribution in [0.5, 0.6) is 0 Å². The Balaban J connectivity index is 2.50. The van der Waals surface area contributed by atoms with Crippen molar-refractivity contribution in [1.29, 1.82) is 0 Å². The zero-order chi connectivity index (χ0) is 19.2. The molecule has 154 valence electrons. The summed E-state index contributed by atoms with van der Waals surface area (Å²) in [5.41, 5.74) is 0. The summed E-state index contributed by atoms with van der Waals surface area (Å²) in [5, 5.41) is 19.3. The third kappa shape index (κ3) is 8.96. The maximum absolute atomic E-state index is 12.5. The van der Waals surface area contributed by atoms with E-state index in [1.54, 1.807) is 0 Å². The van der Waals surface area contributed by atoms with Crippen molar-refractivity contribution in [2.45, 2.75) is 110 Å². The third-order valence-electron chi connectivity index (χ3n) is 5.83. The lowest BCUT2D eigenvalue weighted by Gasteiger charge is -2.25. The first-order chi connectivity index (χ1) is 12.6. The number of Topliss-reactive ketones (excluding diaryl/α,β-unsaturated/α-hetero) is 1. The Morgan fingerprint density at radius 1 is 1.00 bits per heavy atom. The van der Waals surface area contributed by atoms with Crippen molar-refractivity contribution in [3.63, 3.8) is 0 Å². The van der Waals surface area contributed by atoms with Crippen molar-refractivity contribution in [2.75, 3.05) is 13.2 Å². The Labute approximate surface area is 160 Å². The molecule has 0 heterocycles. The highest BCUT2D eigenvalue weighted by Crippen LogP contribution is 2.38. The predicted octanol–water partition coefficient (Wildman–Crippen LogP) is 4.65. The van der Waals surface area contributed by atoms with Gasteiger partial charge in [0.25, 0.3) is 0 Å². The van der Waals surface area contributed by atoms with Gasteiger partial charge in [0.05, 0.1) is 25.4 Å². The molecule has 0 spiro atoms. The van der Waals surface area contributed by atoms with Crippen molar-refractivity contribution in [3.8, 4) is 0 Å². The van der Waals surface area contributed by atoms with Gasteiger partial charge in [-0.3, -0.25) is 4.79 Å². The first-order valence-electron chi connectivity index (χ1n) is 11.1. The van der Waals surface area contributed by atoms with Gasteiger partial charge in [-0.25, -0.2) is 0 Å². The fourth-order valence-corrected chi connectivity index (χ4v) is 4.27. The van der Waals surface area contributed by atoms with E-state index in [9.17, 15) is 9.90 Å². The number of hydrogen-bond acceptors (Lipinski definition) is 4. The van der Waals surface area contributed by atoms with Crippen LogP contribution in [0.1, 0.15) is 97.3 Å². The summed E-state index contributed by atoms with van der Waals surface area (Å²) in [5.74, 6) is 0.623. The smallest absolute Gasteiger partial charge is 0.138 e. The second-order valence-electron chi connectivity index (χ2n) is 8.00. The minimum atomic E-state index is -0.263. The highest BCUT2D eigenvalue weighted by Gasteiger charge is 2.42. The van der Waals surface area contributed by atoms with E-state index in [-0.39, 0.29) is 30.7 Å². The molecular formula is C22H42O4. The van der Waals surface area contributed by atoms with Crippen molar-refractivity contribution in [3.05, 3.63) is 0 Å². The van der Waals surface area contributed by atoms with E-state index in [0.717, 1.165) is 38.5 Å². The average Bonchev–Trinajstić information content (AvgIpc) is 2.93. The number of carbonyl (C=O) groups excluding carboxylic acids is 1. The highest BCUT2D eigenvalue weighted by molar-refractivity contribution is 5.84. The summed E-state index contributed by atoms with van der Waals surface area (Å²) in [7, 11) is 0. The van der Waals surface area contributed by atoms with E-state index in [1.807, 2.05) is 0 Å². The molecular weight excluding hydrogens is 328 g/mol. The van der Waals surface area contributed by atoms with E-state index in [2.05, 4.69) is 13.8 Å². The number of ether oxygens (including phenoxy) is 1. The summed E-state index contributed by atoms with van der Waals surface area (Å²) >= 11 is 0. The molecule has 1 saturated carbocycles. The van der Waals surface area contributed by atoms with Crippen molar-refractivity contribution >= 4 is 5.78 Å². The SMILES string of the molecule is CCCCCCC[C@H]1C(=O)C[C@@H](OCCO)[C@@H]1CCC(O)CCCCC. The first-order valence-corrected chi connectivity index (χ1v) is 11.1. The van der Waals surface area contributed by atoms with Crippen LogP contribution >= 0.6 is 0 Å². The van der Waals surface area contributed by atoms with Crippen LogP contribution in [0, 0.1) is 11.8 Å². The van der Waals surface area contributed by atoms with Crippen LogP contribution in [0.2, 0.25) is 0 Å². The van der Waals surface area contributed by atoms with Gasteiger partial charge < -0.3 is 14.9 Å². The van der Waals surface area contributed by atoms with Crippen molar-refractivity contribution in [1.82, 2.24) is 0 Å². The Morgan fingerprint density at radius 2 is 1.69 bits per heavy atom. The van der Waals surface area contributed by atoms with Crippen LogP contribution in [0.15, 0.2) is 0 Å². The Morgan fingerprint density at radius 3 is 2.38 bits per heavy atom. The molecule has 4 nitrogen and oxygen atoms in total. The summed E-state index contributed by atoms with van der Waals surface area (Å²) in [6.07, 6.45) is 13.1. The van der Waals surface area contributed by atoms with Crippen LogP contribution in [0.4, 0.5) is 0 Å². The molecule has 2 N–H and O–H groups in total. The van der Waals surface area contributed by atoms with Crippen LogP contribution in [-0.2, 0) is 9.53 Å². The summed E-state index contributed by atoms with van der Waals surface area (Å²) in [6, 6.07) is 0. The molecule has 4 heteroatoms. The van der Waals surface area contributed by atoms with Gasteiger partial charge in [-0.1, -0.05) is 65.2 Å². The summed E-state index contributed by atoms with van der Waals surface area (Å²) in [4.78, 5) is 12.5. The lowest BCUT2D eigenvalue weighted by atomic mass is 9.85. The Bertz CT molecular complexity index is 358. The molecule has 1 rings (SSSR count). The summed E-state index contributed by atoms with van der Waals surface area (Å²) < 4.78 is 5.79. The second kappa shape index (κ2) is 14.6. The van der Waals surface area contributed by atoms with Crippen LogP contribution in [0.25, 0.3) is 0 Å². The molecule has 26 heavy (non-hydrogen) atoms. The molecule has 0 aromatic rings. The molecule has 1 fully saturated rings. The molecule has 0 aliphatic heterocycles. The van der Waals surface area contributed by atoms with E-state index in [1.165, 1.54) is 38.5 Å². The van der Waals surface area contributed by atoms with Crippen LogP contribution < -0.4 is 0 Å². The number of hydrogen-bond donors (Lipinski definition) is 2. The van der Waals surface area contributed by atoms with E-state index >= 15 is 0 Å². The van der Waals surface area contributed by atoms with E-state index in [0.29, 0.717) is 18.8 Å². The van der Waals surface area contributed by atoms with Gasteiger partial charge in [-0.15, -0.1) is 0 Å². The molecule has 0 amide bonds. The summed E-state index contributed by atoms with van der Waals surface area (Å²) in [6.45, 7) is 4.69. The fraction of sp³-hybridized carbons (Fsp3) is 0.955. The van der Waals surface area contributed by atoms with Gasteiger partial charge in [0.15, 0.2) is 0 Å². The van der Waals surface area contributed by atoms with Gasteiger partial charge >= 0.3 is 0 Å². The Kier molecular flexibility index (Phi) is 13.2. The minimum absolute atomic E-state index is 0.00125. The average molecular weight is 371 g/mol. The van der Waals surface area contributed by atoms with Gasteiger partial charge in [-0.2, -0.15) is 0 Å². The maximum atomic E-state index is 12.5. The molecule has 0 aromatic carbocycles. The molecule has 4 atom stereocenters. The van der Waals surface area contributed by atoms with Gasteiger partial charge in [0.2, 0.25) is 0 Å². The quantitative estimate of drug-likeness (QED) is 0.388. The van der Waals surface area contributed by atoms with Crippen LogP contribution in [0.3, 0.4) is 0 Å². The molecule has 1 aliphatic rings. The number of unbranched alkanes of at least 4 members (excludes halogenated alkanes) is 6. The molecule has 0 bridgehead atoms. The monoisotopic (exact) mass is 370 g/mol. The number of ketones is 1. The third-order valence-corrected chi connectivity index (χ3v) is 5.83. The number of rotatable bonds is 16. The number of carbonyl (C=O) groups is 1. The second-order valence-corrected chi connectivity index (χ2v) is 8.00. The van der Waals surface area contributed by atoms with E-state index < -0.39 is 0 Å². The topological polar surface area (TPSA) is 66.8 Å². The van der Waals surface area contributed by atoms with Gasteiger partial charge in [-0.05, 0) is 31.6 Å². The standard InChI is InChI=1S/C22H42O4/c1-3-5-7-8-10-12-19-20(14-13-18(24)11-9-6-4-2)22(17-21(19)25)26-16-15-23/h18-20,22-24H,3-17H2,1-2H3/t18?,19-,20-,22-/m1/s1. The number of aliphatic hydroxyl groups is 2. The van der Waals surface area contributed by atoms with E-state index in [4.69, 9.17) is 9.84 Å². The fourth-order valence-electron chi connectivity index (χ4n) is 4.27. The zero-order valence-corrected chi connectivity index (χ0v) is 17.1. The van der Waals surface area contributed by atoms with Crippen molar-refractivity contribution in [2.24, 2.45) is 11.8 Å². The lowest BCUT2D eigenvalue weighted by molar-refractivity contribution is -0.121. The minimum Gasteiger partial charge on any atom is -0.394 e. The lowest BCUT2D eigenvalue weighted by Crippen LogP contribution is -2.26. The normalized spacial score (nSPS) is 24.3. The largest absolute Gasteiger partial charge is 0.394 e. The molecule has 1 aliphatic carbocycles. The van der Waals surface area contributed by atoms with Gasteiger partial charge in [0.1, 0.15) is 5.78 Å². The molecule has 0 saturated heterocycles. The zero-order valence-electron chi connectivity index (χ0n) is 17.1. The molecule has 1 unspecified atom stereocenters. The predicted molar refractivity (Wildman–Crippen MR) is 106 cm³/mol. The van der Waals surface area contributed by atoms with Crippen LogP contribution in [-0.4, -0.2) is 41.4 Å². The van der Waals surface area contributed by atoms with Gasteiger partial charge in [0, 0.05) is 12.3 Å². The first kappa shape index (κ1) is 23.6. The highest BCUT2D eigenvalue weighted by atomic mass is 16.5. The van der Waals surface area contributed by atoms with Crippen molar-refractivity contribution < 1.29 is 19.7 Å².